The van der Waals surface area contributed by atoms with Gasteiger partial charge in [0, 0.05) is 37.6 Å². The van der Waals surface area contributed by atoms with Gasteiger partial charge in [0.15, 0.2) is 0 Å². The number of likely N-dealkylation sites (N-methyl/N-ethyl adjacent to an activating group) is 1. The van der Waals surface area contributed by atoms with Crippen molar-refractivity contribution in [1.82, 2.24) is 9.88 Å². The first kappa shape index (κ1) is 15.4. The van der Waals surface area contributed by atoms with Crippen molar-refractivity contribution >= 4 is 0 Å². The van der Waals surface area contributed by atoms with Crippen LogP contribution in [0.15, 0.2) is 24.5 Å². The Bertz CT molecular complexity index is 396. The summed E-state index contributed by atoms with van der Waals surface area (Å²) in [6.45, 7) is 4.64. The molecule has 2 N–H and O–H groups in total. The number of hydrogen-bond donors (Lipinski definition) is 1. The number of hydrogen-bond acceptors (Lipinski definition) is 4. The van der Waals surface area contributed by atoms with E-state index in [4.69, 9.17) is 10.5 Å². The van der Waals surface area contributed by atoms with E-state index in [-0.39, 0.29) is 5.54 Å². The van der Waals surface area contributed by atoms with Crippen LogP contribution in [0.5, 0.6) is 0 Å². The summed E-state index contributed by atoms with van der Waals surface area (Å²) in [5.41, 5.74) is 7.50. The van der Waals surface area contributed by atoms with E-state index in [2.05, 4.69) is 36.0 Å². The summed E-state index contributed by atoms with van der Waals surface area (Å²) >= 11 is 0. The highest BCUT2D eigenvalue weighted by Crippen LogP contribution is 2.32. The molecule has 1 aromatic heterocycles. The number of aromatic nitrogens is 1. The molecule has 2 heterocycles. The summed E-state index contributed by atoms with van der Waals surface area (Å²) in [5, 5.41) is 0. The van der Waals surface area contributed by atoms with Crippen LogP contribution >= 0.6 is 0 Å². The van der Waals surface area contributed by atoms with Gasteiger partial charge in [-0.25, -0.2) is 0 Å². The molecule has 1 aliphatic heterocycles. The fraction of sp³-hybridized carbons (Fsp3) is 0.688. The number of ether oxygens (including phenoxy) is 1. The SMILES string of the molecule is CCCC1CC(CN)(N(C)Cc2ccncc2)CCO1. The third kappa shape index (κ3) is 3.57. The molecule has 1 saturated heterocycles. The first-order valence-corrected chi connectivity index (χ1v) is 7.62. The maximum Gasteiger partial charge on any atom is 0.0593 e. The van der Waals surface area contributed by atoms with Crippen LogP contribution in [0.1, 0.15) is 38.2 Å². The smallest absolute Gasteiger partial charge is 0.0593 e. The molecule has 0 amide bonds. The molecular formula is C16H27N3O. The number of pyridine rings is 1. The lowest BCUT2D eigenvalue weighted by Crippen LogP contribution is -2.56. The molecule has 2 atom stereocenters. The van der Waals surface area contributed by atoms with E-state index in [1.54, 1.807) is 0 Å². The Morgan fingerprint density at radius 2 is 2.20 bits per heavy atom. The van der Waals surface area contributed by atoms with Gasteiger partial charge in [0.2, 0.25) is 0 Å². The molecule has 0 radical (unpaired) electrons. The van der Waals surface area contributed by atoms with E-state index in [0.717, 1.165) is 32.4 Å². The summed E-state index contributed by atoms with van der Waals surface area (Å²) in [5.74, 6) is 0. The molecule has 4 nitrogen and oxygen atoms in total. The van der Waals surface area contributed by atoms with E-state index in [1.165, 1.54) is 12.0 Å². The van der Waals surface area contributed by atoms with Gasteiger partial charge in [-0.3, -0.25) is 9.88 Å². The van der Waals surface area contributed by atoms with Gasteiger partial charge in [0.1, 0.15) is 0 Å². The van der Waals surface area contributed by atoms with Gasteiger partial charge < -0.3 is 10.5 Å². The predicted molar refractivity (Wildman–Crippen MR) is 81.4 cm³/mol. The average Bonchev–Trinajstić information content (AvgIpc) is 2.48. The Hall–Kier alpha value is -0.970. The van der Waals surface area contributed by atoms with Crippen LogP contribution < -0.4 is 5.73 Å². The minimum atomic E-state index is 0.0708. The summed E-state index contributed by atoms with van der Waals surface area (Å²) in [6.07, 6.45) is 8.41. The van der Waals surface area contributed by atoms with E-state index >= 15 is 0 Å². The fourth-order valence-corrected chi connectivity index (χ4v) is 3.13. The first-order chi connectivity index (χ1) is 9.70. The van der Waals surface area contributed by atoms with Gasteiger partial charge in [-0.15, -0.1) is 0 Å². The molecule has 20 heavy (non-hydrogen) atoms. The van der Waals surface area contributed by atoms with Crippen LogP contribution in [0.3, 0.4) is 0 Å². The van der Waals surface area contributed by atoms with Crippen molar-refractivity contribution in [3.63, 3.8) is 0 Å². The van der Waals surface area contributed by atoms with Crippen LogP contribution in [-0.4, -0.2) is 41.7 Å². The molecule has 0 aliphatic carbocycles. The average molecular weight is 277 g/mol. The molecule has 1 fully saturated rings. The fourth-order valence-electron chi connectivity index (χ4n) is 3.13. The zero-order chi connectivity index (χ0) is 14.4. The van der Waals surface area contributed by atoms with Crippen LogP contribution in [-0.2, 0) is 11.3 Å². The quantitative estimate of drug-likeness (QED) is 0.866. The lowest BCUT2D eigenvalue weighted by Gasteiger charge is -2.46. The highest BCUT2D eigenvalue weighted by molar-refractivity contribution is 5.10. The van der Waals surface area contributed by atoms with Gasteiger partial charge in [-0.2, -0.15) is 0 Å². The highest BCUT2D eigenvalue weighted by Gasteiger charge is 2.38. The van der Waals surface area contributed by atoms with Crippen molar-refractivity contribution in [2.75, 3.05) is 20.2 Å². The van der Waals surface area contributed by atoms with Gasteiger partial charge in [0.05, 0.1) is 6.10 Å². The van der Waals surface area contributed by atoms with Crippen molar-refractivity contribution in [3.8, 4) is 0 Å². The van der Waals surface area contributed by atoms with E-state index in [9.17, 15) is 0 Å². The Labute approximate surface area is 122 Å². The minimum Gasteiger partial charge on any atom is -0.378 e. The highest BCUT2D eigenvalue weighted by atomic mass is 16.5. The topological polar surface area (TPSA) is 51.4 Å². The predicted octanol–water partition coefficient (Wildman–Crippen LogP) is 2.19. The normalized spacial score (nSPS) is 26.9. The molecule has 2 unspecified atom stereocenters. The van der Waals surface area contributed by atoms with Crippen LogP contribution in [0.2, 0.25) is 0 Å². The lowest BCUT2D eigenvalue weighted by molar-refractivity contribution is -0.0691. The van der Waals surface area contributed by atoms with Crippen molar-refractivity contribution < 1.29 is 4.74 Å². The number of nitrogens with zero attached hydrogens (tertiary/aromatic N) is 2. The second kappa shape index (κ2) is 7.16. The Balaban J connectivity index is 2.05. The molecule has 0 aromatic carbocycles. The maximum absolute atomic E-state index is 6.14. The van der Waals surface area contributed by atoms with Crippen molar-refractivity contribution in [1.29, 1.82) is 0 Å². The van der Waals surface area contributed by atoms with Crippen molar-refractivity contribution in [2.45, 2.75) is 50.8 Å². The van der Waals surface area contributed by atoms with Gasteiger partial charge in [0.25, 0.3) is 0 Å². The zero-order valence-electron chi connectivity index (χ0n) is 12.7. The molecular weight excluding hydrogens is 250 g/mol. The number of nitrogens with two attached hydrogens (primary N) is 1. The molecule has 0 bridgehead atoms. The zero-order valence-corrected chi connectivity index (χ0v) is 12.7. The molecule has 112 valence electrons. The van der Waals surface area contributed by atoms with Gasteiger partial charge in [-0.1, -0.05) is 13.3 Å². The second-order valence-corrected chi connectivity index (χ2v) is 5.88. The Kier molecular flexibility index (Phi) is 5.52. The standard InChI is InChI=1S/C16H27N3O/c1-3-4-15-11-16(13-17,7-10-20-15)19(2)12-14-5-8-18-9-6-14/h5-6,8-9,15H,3-4,7,10-13,17H2,1-2H3. The Morgan fingerprint density at radius 3 is 2.85 bits per heavy atom. The first-order valence-electron chi connectivity index (χ1n) is 7.62. The largest absolute Gasteiger partial charge is 0.378 e. The van der Waals surface area contributed by atoms with Crippen molar-refractivity contribution in [2.24, 2.45) is 5.73 Å². The third-order valence-electron chi connectivity index (χ3n) is 4.50. The molecule has 0 spiro atoms. The molecule has 0 saturated carbocycles. The van der Waals surface area contributed by atoms with E-state index in [1.807, 2.05) is 12.4 Å². The van der Waals surface area contributed by atoms with E-state index in [0.29, 0.717) is 12.6 Å². The van der Waals surface area contributed by atoms with Crippen LogP contribution in [0, 0.1) is 0 Å². The summed E-state index contributed by atoms with van der Waals surface area (Å²) < 4.78 is 5.88. The van der Waals surface area contributed by atoms with Crippen molar-refractivity contribution in [3.05, 3.63) is 30.1 Å². The molecule has 1 aliphatic rings. The van der Waals surface area contributed by atoms with Gasteiger partial charge in [-0.05, 0) is 44.0 Å². The monoisotopic (exact) mass is 277 g/mol. The lowest BCUT2D eigenvalue weighted by atomic mass is 9.83. The van der Waals surface area contributed by atoms with Crippen LogP contribution in [0.25, 0.3) is 0 Å². The minimum absolute atomic E-state index is 0.0708. The van der Waals surface area contributed by atoms with Crippen LogP contribution in [0.4, 0.5) is 0 Å². The Morgan fingerprint density at radius 1 is 1.45 bits per heavy atom. The molecule has 2 rings (SSSR count). The second-order valence-electron chi connectivity index (χ2n) is 5.88. The third-order valence-corrected chi connectivity index (χ3v) is 4.50. The molecule has 4 heteroatoms. The van der Waals surface area contributed by atoms with Gasteiger partial charge >= 0.3 is 0 Å². The molecule has 1 aromatic rings. The summed E-state index contributed by atoms with van der Waals surface area (Å²) in [6, 6.07) is 4.15. The summed E-state index contributed by atoms with van der Waals surface area (Å²) in [4.78, 5) is 6.49. The summed E-state index contributed by atoms with van der Waals surface area (Å²) in [7, 11) is 2.18. The van der Waals surface area contributed by atoms with E-state index < -0.39 is 0 Å². The number of rotatable bonds is 6. The maximum atomic E-state index is 6.14.